The smallest absolute Gasteiger partial charge is 0.410 e. The van der Waals surface area contributed by atoms with Crippen LogP contribution in [0.15, 0.2) is 24.3 Å². The Morgan fingerprint density at radius 3 is 2.65 bits per heavy atom. The zero-order valence-electron chi connectivity index (χ0n) is 20.1. The Hall–Kier alpha value is -3.16. The molecule has 2 aliphatic heterocycles. The third-order valence-electron chi connectivity index (χ3n) is 7.03. The summed E-state index contributed by atoms with van der Waals surface area (Å²) in [5.74, 6) is -0.294. The van der Waals surface area contributed by atoms with Crippen molar-refractivity contribution in [3.63, 3.8) is 0 Å². The van der Waals surface area contributed by atoms with Crippen molar-refractivity contribution in [2.45, 2.75) is 64.5 Å². The Balaban J connectivity index is 1.52. The molecule has 2 saturated heterocycles. The molecule has 1 N–H and O–H groups in total. The molecule has 0 spiro atoms. The highest BCUT2D eigenvalue weighted by Gasteiger charge is 2.43. The summed E-state index contributed by atoms with van der Waals surface area (Å²) in [6.07, 6.45) is 4.36. The highest BCUT2D eigenvalue weighted by Crippen LogP contribution is 2.39. The lowest BCUT2D eigenvalue weighted by atomic mass is 9.92. The van der Waals surface area contributed by atoms with Crippen LogP contribution in [0.2, 0.25) is 0 Å². The molecule has 3 aliphatic rings. The molecule has 0 radical (unpaired) electrons. The van der Waals surface area contributed by atoms with Gasteiger partial charge in [0.25, 0.3) is 0 Å². The van der Waals surface area contributed by atoms with Crippen LogP contribution in [0.3, 0.4) is 0 Å². The van der Waals surface area contributed by atoms with Crippen LogP contribution in [-0.4, -0.2) is 63.3 Å². The van der Waals surface area contributed by atoms with Gasteiger partial charge < -0.3 is 19.6 Å². The minimum absolute atomic E-state index is 0.0283. The fourth-order valence-electron chi connectivity index (χ4n) is 5.61. The fraction of sp³-hybridized carbons (Fsp3) is 0.538. The zero-order chi connectivity index (χ0) is 24.0. The SMILES string of the molecule is CC(C)(C)OC(=O)N1CCCC2CN(c3nc(C(=O)O)nc4c3CCCc3ccccc3-4)CC21. The van der Waals surface area contributed by atoms with Crippen molar-refractivity contribution in [2.24, 2.45) is 5.92 Å². The van der Waals surface area contributed by atoms with Crippen molar-refractivity contribution >= 4 is 17.9 Å². The number of carbonyl (C=O) groups is 2. The number of nitrogens with zero attached hydrogens (tertiary/aromatic N) is 4. The number of carboxylic acid groups (broad SMARTS) is 1. The molecule has 5 rings (SSSR count). The van der Waals surface area contributed by atoms with Crippen molar-refractivity contribution in [2.75, 3.05) is 24.5 Å². The first-order chi connectivity index (χ1) is 16.2. The number of carboxylic acids is 1. The molecular weight excluding hydrogens is 432 g/mol. The molecule has 8 heteroatoms. The molecule has 1 aromatic carbocycles. The van der Waals surface area contributed by atoms with Crippen LogP contribution in [0.1, 0.15) is 61.8 Å². The van der Waals surface area contributed by atoms with E-state index in [0.29, 0.717) is 24.8 Å². The molecule has 1 aromatic heterocycles. The van der Waals surface area contributed by atoms with E-state index in [9.17, 15) is 14.7 Å². The molecule has 34 heavy (non-hydrogen) atoms. The lowest BCUT2D eigenvalue weighted by Crippen LogP contribution is -2.50. The van der Waals surface area contributed by atoms with Gasteiger partial charge in [-0.15, -0.1) is 0 Å². The highest BCUT2D eigenvalue weighted by molar-refractivity contribution is 5.86. The van der Waals surface area contributed by atoms with Gasteiger partial charge in [0.2, 0.25) is 5.82 Å². The van der Waals surface area contributed by atoms with E-state index in [1.165, 1.54) is 5.56 Å². The number of anilines is 1. The summed E-state index contributed by atoms with van der Waals surface area (Å²) in [5.41, 5.74) is 3.38. The number of benzene rings is 1. The summed E-state index contributed by atoms with van der Waals surface area (Å²) >= 11 is 0. The third-order valence-corrected chi connectivity index (χ3v) is 7.03. The van der Waals surface area contributed by atoms with Crippen LogP contribution < -0.4 is 4.90 Å². The molecule has 0 bridgehead atoms. The van der Waals surface area contributed by atoms with E-state index in [-0.39, 0.29) is 18.0 Å². The van der Waals surface area contributed by atoms with Crippen molar-refractivity contribution in [1.82, 2.24) is 14.9 Å². The van der Waals surface area contributed by atoms with Gasteiger partial charge in [-0.05, 0) is 64.4 Å². The second-order valence-electron chi connectivity index (χ2n) is 10.6. The van der Waals surface area contributed by atoms with Gasteiger partial charge >= 0.3 is 12.1 Å². The lowest BCUT2D eigenvalue weighted by Gasteiger charge is -2.37. The van der Waals surface area contributed by atoms with E-state index >= 15 is 0 Å². The maximum Gasteiger partial charge on any atom is 0.410 e. The molecule has 0 saturated carbocycles. The number of hydrogen-bond donors (Lipinski definition) is 1. The van der Waals surface area contributed by atoms with Gasteiger partial charge in [0.15, 0.2) is 0 Å². The third kappa shape index (κ3) is 4.21. The number of hydrogen-bond acceptors (Lipinski definition) is 6. The molecular formula is C26H32N4O4. The van der Waals surface area contributed by atoms with E-state index in [2.05, 4.69) is 20.9 Å². The molecule has 2 atom stereocenters. The Kier molecular flexibility index (Phi) is 5.70. The number of piperidine rings is 1. The van der Waals surface area contributed by atoms with Crippen LogP contribution in [-0.2, 0) is 17.6 Å². The largest absolute Gasteiger partial charge is 0.475 e. The first-order valence-corrected chi connectivity index (χ1v) is 12.2. The summed E-state index contributed by atoms with van der Waals surface area (Å²) in [4.78, 5) is 38.0. The van der Waals surface area contributed by atoms with Crippen LogP contribution in [0.25, 0.3) is 11.3 Å². The van der Waals surface area contributed by atoms with E-state index in [1.807, 2.05) is 43.9 Å². The van der Waals surface area contributed by atoms with E-state index in [0.717, 1.165) is 55.5 Å². The van der Waals surface area contributed by atoms with Crippen molar-refractivity contribution < 1.29 is 19.4 Å². The normalized spacial score (nSPS) is 21.9. The van der Waals surface area contributed by atoms with Gasteiger partial charge in [-0.2, -0.15) is 0 Å². The second kappa shape index (κ2) is 8.56. The Morgan fingerprint density at radius 2 is 1.88 bits per heavy atom. The van der Waals surface area contributed by atoms with Gasteiger partial charge in [-0.3, -0.25) is 0 Å². The molecule has 1 aliphatic carbocycles. The quantitative estimate of drug-likeness (QED) is 0.713. The minimum Gasteiger partial charge on any atom is -0.475 e. The maximum atomic E-state index is 12.9. The number of rotatable bonds is 2. The Morgan fingerprint density at radius 1 is 1.09 bits per heavy atom. The lowest BCUT2D eigenvalue weighted by molar-refractivity contribution is 0.00668. The number of amides is 1. The van der Waals surface area contributed by atoms with Crippen LogP contribution >= 0.6 is 0 Å². The first kappa shape index (κ1) is 22.6. The van der Waals surface area contributed by atoms with E-state index in [1.54, 1.807) is 0 Å². The summed E-state index contributed by atoms with van der Waals surface area (Å²) in [7, 11) is 0. The highest BCUT2D eigenvalue weighted by atomic mass is 16.6. The summed E-state index contributed by atoms with van der Waals surface area (Å²) in [6, 6.07) is 8.13. The number of fused-ring (bicyclic) bond motifs is 4. The van der Waals surface area contributed by atoms with Gasteiger partial charge in [-0.25, -0.2) is 19.6 Å². The number of aromatic nitrogens is 2. The summed E-state index contributed by atoms with van der Waals surface area (Å²) in [6.45, 7) is 7.69. The van der Waals surface area contributed by atoms with Crippen molar-refractivity contribution in [3.05, 3.63) is 41.2 Å². The number of carbonyl (C=O) groups excluding carboxylic acids is 1. The number of aromatic carboxylic acids is 1. The number of aryl methyl sites for hydroxylation is 1. The summed E-state index contributed by atoms with van der Waals surface area (Å²) < 4.78 is 5.69. The molecule has 3 heterocycles. The second-order valence-corrected chi connectivity index (χ2v) is 10.6. The van der Waals surface area contributed by atoms with Gasteiger partial charge in [-0.1, -0.05) is 24.3 Å². The Labute approximate surface area is 199 Å². The number of ether oxygens (including phenoxy) is 1. The topological polar surface area (TPSA) is 95.9 Å². The maximum absolute atomic E-state index is 12.9. The van der Waals surface area contributed by atoms with Gasteiger partial charge in [0, 0.05) is 30.8 Å². The molecule has 2 aromatic rings. The molecule has 1 amide bonds. The molecule has 2 fully saturated rings. The first-order valence-electron chi connectivity index (χ1n) is 12.2. The van der Waals surface area contributed by atoms with Gasteiger partial charge in [0.05, 0.1) is 11.7 Å². The number of likely N-dealkylation sites (tertiary alicyclic amines) is 1. The van der Waals surface area contributed by atoms with E-state index < -0.39 is 11.6 Å². The predicted molar refractivity (Wildman–Crippen MR) is 128 cm³/mol. The van der Waals surface area contributed by atoms with Crippen LogP contribution in [0.5, 0.6) is 0 Å². The standard InChI is InChI=1S/C26H32N4O4/c1-26(2,3)34-25(33)30-13-7-10-17-14-29(15-20(17)30)23-19-12-6-9-16-8-4-5-11-18(16)21(19)27-22(28-23)24(31)32/h4-5,8,11,17,20H,6-7,9-10,12-15H2,1-3H3,(H,31,32). The molecule has 180 valence electrons. The summed E-state index contributed by atoms with van der Waals surface area (Å²) in [5, 5.41) is 9.79. The molecule has 2 unspecified atom stereocenters. The van der Waals surface area contributed by atoms with E-state index in [4.69, 9.17) is 4.74 Å². The zero-order valence-corrected chi connectivity index (χ0v) is 20.1. The average molecular weight is 465 g/mol. The Bertz CT molecular complexity index is 1130. The van der Waals surface area contributed by atoms with Gasteiger partial charge in [0.1, 0.15) is 11.4 Å². The minimum atomic E-state index is -1.13. The van der Waals surface area contributed by atoms with Crippen molar-refractivity contribution in [3.8, 4) is 11.3 Å². The fourth-order valence-corrected chi connectivity index (χ4v) is 5.61. The monoisotopic (exact) mass is 464 g/mol. The predicted octanol–water partition coefficient (Wildman–Crippen LogP) is 4.17. The van der Waals surface area contributed by atoms with Crippen molar-refractivity contribution in [1.29, 1.82) is 0 Å². The average Bonchev–Trinajstić information content (AvgIpc) is 3.13. The van der Waals surface area contributed by atoms with Crippen LogP contribution in [0.4, 0.5) is 10.6 Å². The van der Waals surface area contributed by atoms with Crippen LogP contribution in [0, 0.1) is 5.92 Å². The molecule has 8 nitrogen and oxygen atoms in total.